The highest BCUT2D eigenvalue weighted by Crippen LogP contribution is 2.22. The van der Waals surface area contributed by atoms with Crippen molar-refractivity contribution in [3.8, 4) is 5.75 Å². The fraction of sp³-hybridized carbons (Fsp3) is 0.538. The average molecular weight is 239 g/mol. The van der Waals surface area contributed by atoms with Crippen LogP contribution < -0.4 is 10.5 Å². The van der Waals surface area contributed by atoms with Gasteiger partial charge < -0.3 is 19.9 Å². The first-order chi connectivity index (χ1) is 8.27. The molecule has 96 valence electrons. The average Bonchev–Trinajstić information content (AvgIpc) is 2.32. The van der Waals surface area contributed by atoms with E-state index in [2.05, 4.69) is 0 Å². The molecule has 4 nitrogen and oxygen atoms in total. The first-order valence-corrected chi connectivity index (χ1v) is 5.94. The Morgan fingerprint density at radius 3 is 2.53 bits per heavy atom. The van der Waals surface area contributed by atoms with E-state index in [0.717, 1.165) is 17.0 Å². The highest BCUT2D eigenvalue weighted by molar-refractivity contribution is 5.47. The van der Waals surface area contributed by atoms with Gasteiger partial charge in [0.15, 0.2) is 0 Å². The molecule has 0 spiro atoms. The van der Waals surface area contributed by atoms with Crippen LogP contribution in [0.15, 0.2) is 18.2 Å². The fourth-order valence-corrected chi connectivity index (χ4v) is 1.45. The Labute approximate surface area is 103 Å². The Morgan fingerprint density at radius 1 is 1.06 bits per heavy atom. The summed E-state index contributed by atoms with van der Waals surface area (Å²) in [6.07, 6.45) is 0. The molecular formula is C13H21NO3. The molecule has 0 heterocycles. The molecule has 1 aromatic carbocycles. The highest BCUT2D eigenvalue weighted by atomic mass is 16.5. The van der Waals surface area contributed by atoms with E-state index in [1.54, 1.807) is 0 Å². The summed E-state index contributed by atoms with van der Waals surface area (Å²) < 4.78 is 16.2. The van der Waals surface area contributed by atoms with E-state index in [0.29, 0.717) is 33.0 Å². The summed E-state index contributed by atoms with van der Waals surface area (Å²) in [5.41, 5.74) is 7.43. The molecule has 0 bridgehead atoms. The number of nitrogen functional groups attached to an aromatic ring is 1. The fourth-order valence-electron chi connectivity index (χ4n) is 1.45. The third-order valence-corrected chi connectivity index (χ3v) is 2.22. The van der Waals surface area contributed by atoms with Crippen LogP contribution in [0.25, 0.3) is 0 Å². The second-order valence-corrected chi connectivity index (χ2v) is 3.55. The summed E-state index contributed by atoms with van der Waals surface area (Å²) in [5.74, 6) is 0.832. The van der Waals surface area contributed by atoms with Gasteiger partial charge >= 0.3 is 0 Å². The van der Waals surface area contributed by atoms with E-state index in [9.17, 15) is 0 Å². The van der Waals surface area contributed by atoms with Crippen LogP contribution in [0.4, 0.5) is 5.69 Å². The Morgan fingerprint density at radius 2 is 1.82 bits per heavy atom. The van der Waals surface area contributed by atoms with E-state index in [4.69, 9.17) is 19.9 Å². The first kappa shape index (κ1) is 13.8. The van der Waals surface area contributed by atoms with Crippen LogP contribution in [0.5, 0.6) is 5.75 Å². The smallest absolute Gasteiger partial charge is 0.124 e. The Hall–Kier alpha value is -1.26. The molecule has 0 aliphatic rings. The highest BCUT2D eigenvalue weighted by Gasteiger charge is 2.04. The van der Waals surface area contributed by atoms with Crippen LogP contribution in [-0.2, 0) is 16.1 Å². The number of ether oxygens (including phenoxy) is 3. The molecule has 1 aromatic rings. The quantitative estimate of drug-likeness (QED) is 0.558. The normalized spacial score (nSPS) is 10.5. The van der Waals surface area contributed by atoms with Crippen LogP contribution in [0.3, 0.4) is 0 Å². The summed E-state index contributed by atoms with van der Waals surface area (Å²) in [6, 6.07) is 5.58. The molecule has 0 amide bonds. The van der Waals surface area contributed by atoms with Gasteiger partial charge in [0.05, 0.1) is 26.4 Å². The molecule has 17 heavy (non-hydrogen) atoms. The lowest BCUT2D eigenvalue weighted by atomic mass is 10.2. The van der Waals surface area contributed by atoms with Crippen molar-refractivity contribution >= 4 is 5.69 Å². The topological polar surface area (TPSA) is 53.7 Å². The van der Waals surface area contributed by atoms with Crippen molar-refractivity contribution in [1.29, 1.82) is 0 Å². The second kappa shape index (κ2) is 7.92. The zero-order valence-corrected chi connectivity index (χ0v) is 10.6. The van der Waals surface area contributed by atoms with E-state index >= 15 is 0 Å². The number of rotatable bonds is 8. The van der Waals surface area contributed by atoms with Crippen LogP contribution in [0.1, 0.15) is 19.4 Å². The molecule has 0 aromatic heterocycles. The maximum absolute atomic E-state index is 5.74. The van der Waals surface area contributed by atoms with Crippen LogP contribution >= 0.6 is 0 Å². The number of hydrogen-bond donors (Lipinski definition) is 1. The molecule has 2 N–H and O–H groups in total. The molecule has 0 aliphatic heterocycles. The summed E-state index contributed by atoms with van der Waals surface area (Å²) in [5, 5.41) is 0. The van der Waals surface area contributed by atoms with Crippen molar-refractivity contribution in [1.82, 2.24) is 0 Å². The maximum atomic E-state index is 5.74. The van der Waals surface area contributed by atoms with Gasteiger partial charge in [0.25, 0.3) is 0 Å². The lowest BCUT2D eigenvalue weighted by molar-refractivity contribution is 0.0445. The molecule has 0 fully saturated rings. The third-order valence-electron chi connectivity index (χ3n) is 2.22. The Bertz CT molecular complexity index is 328. The molecule has 0 unspecified atom stereocenters. The van der Waals surface area contributed by atoms with Crippen LogP contribution in [0, 0.1) is 0 Å². The van der Waals surface area contributed by atoms with Crippen molar-refractivity contribution in [2.45, 2.75) is 20.5 Å². The van der Waals surface area contributed by atoms with E-state index in [-0.39, 0.29) is 0 Å². The third kappa shape index (κ3) is 5.06. The van der Waals surface area contributed by atoms with Crippen molar-refractivity contribution < 1.29 is 14.2 Å². The number of benzene rings is 1. The maximum Gasteiger partial charge on any atom is 0.124 e. The van der Waals surface area contributed by atoms with Gasteiger partial charge in [0, 0.05) is 17.9 Å². The Kier molecular flexibility index (Phi) is 6.43. The molecule has 0 saturated heterocycles. The number of hydrogen-bond acceptors (Lipinski definition) is 4. The van der Waals surface area contributed by atoms with Gasteiger partial charge in [-0.25, -0.2) is 0 Å². The van der Waals surface area contributed by atoms with Gasteiger partial charge in [-0.1, -0.05) is 0 Å². The summed E-state index contributed by atoms with van der Waals surface area (Å²) in [7, 11) is 0. The van der Waals surface area contributed by atoms with Crippen molar-refractivity contribution in [3.63, 3.8) is 0 Å². The molecule has 0 atom stereocenters. The van der Waals surface area contributed by atoms with Gasteiger partial charge in [-0.15, -0.1) is 0 Å². The molecular weight excluding hydrogens is 218 g/mol. The van der Waals surface area contributed by atoms with Gasteiger partial charge in [-0.2, -0.15) is 0 Å². The minimum atomic E-state index is 0.493. The molecule has 0 saturated carbocycles. The molecule has 0 aliphatic carbocycles. The zero-order valence-electron chi connectivity index (χ0n) is 10.6. The largest absolute Gasteiger partial charge is 0.494 e. The number of nitrogens with two attached hydrogens (primary N) is 1. The second-order valence-electron chi connectivity index (χ2n) is 3.55. The van der Waals surface area contributed by atoms with E-state index in [1.165, 1.54) is 0 Å². The van der Waals surface area contributed by atoms with Crippen LogP contribution in [-0.4, -0.2) is 26.4 Å². The van der Waals surface area contributed by atoms with Gasteiger partial charge in [-0.05, 0) is 32.0 Å². The predicted molar refractivity (Wildman–Crippen MR) is 68.2 cm³/mol. The van der Waals surface area contributed by atoms with Crippen molar-refractivity contribution in [2.75, 3.05) is 32.2 Å². The SMILES string of the molecule is CCOCCOCc1cc(N)ccc1OCC. The standard InChI is InChI=1S/C13H21NO3/c1-3-15-7-8-16-10-11-9-12(14)5-6-13(11)17-4-2/h5-6,9H,3-4,7-8,10,14H2,1-2H3. The summed E-state index contributed by atoms with van der Waals surface area (Å²) in [6.45, 7) is 6.95. The van der Waals surface area contributed by atoms with Crippen LogP contribution in [0.2, 0.25) is 0 Å². The summed E-state index contributed by atoms with van der Waals surface area (Å²) in [4.78, 5) is 0. The molecule has 4 heteroatoms. The summed E-state index contributed by atoms with van der Waals surface area (Å²) >= 11 is 0. The van der Waals surface area contributed by atoms with Gasteiger partial charge in [0.2, 0.25) is 0 Å². The first-order valence-electron chi connectivity index (χ1n) is 5.94. The van der Waals surface area contributed by atoms with Crippen molar-refractivity contribution in [2.24, 2.45) is 0 Å². The Balaban J connectivity index is 2.47. The van der Waals surface area contributed by atoms with E-state index in [1.807, 2.05) is 32.0 Å². The van der Waals surface area contributed by atoms with Gasteiger partial charge in [-0.3, -0.25) is 0 Å². The lowest BCUT2D eigenvalue weighted by Gasteiger charge is -2.11. The zero-order chi connectivity index (χ0) is 12.5. The predicted octanol–water partition coefficient (Wildman–Crippen LogP) is 2.22. The lowest BCUT2D eigenvalue weighted by Crippen LogP contribution is -2.05. The number of anilines is 1. The minimum Gasteiger partial charge on any atom is -0.494 e. The minimum absolute atomic E-state index is 0.493. The van der Waals surface area contributed by atoms with Gasteiger partial charge in [0.1, 0.15) is 5.75 Å². The molecule has 0 radical (unpaired) electrons. The molecule has 1 rings (SSSR count). The van der Waals surface area contributed by atoms with Crippen molar-refractivity contribution in [3.05, 3.63) is 23.8 Å². The monoisotopic (exact) mass is 239 g/mol. The van der Waals surface area contributed by atoms with E-state index < -0.39 is 0 Å².